The third-order valence-corrected chi connectivity index (χ3v) is 6.60. The molecule has 3 aromatic rings. The van der Waals surface area contributed by atoms with Gasteiger partial charge in [0.2, 0.25) is 0 Å². The summed E-state index contributed by atoms with van der Waals surface area (Å²) in [7, 11) is -1.21. The molecule has 0 fully saturated rings. The van der Waals surface area contributed by atoms with Crippen molar-refractivity contribution in [2.24, 2.45) is 0 Å². The van der Waals surface area contributed by atoms with Gasteiger partial charge in [0.1, 0.15) is 11.3 Å². The Balaban J connectivity index is 1.88. The summed E-state index contributed by atoms with van der Waals surface area (Å²) in [5.74, 6) is -1.12. The summed E-state index contributed by atoms with van der Waals surface area (Å²) in [6.45, 7) is 0.266. The number of phenols is 1. The highest BCUT2D eigenvalue weighted by Crippen LogP contribution is 2.44. The molecule has 0 bridgehead atoms. The average molecular weight is 430 g/mol. The second-order valence-electron chi connectivity index (χ2n) is 6.91. The van der Waals surface area contributed by atoms with Crippen LogP contribution in [0.15, 0.2) is 42.6 Å². The van der Waals surface area contributed by atoms with E-state index in [1.54, 1.807) is 24.3 Å². The van der Waals surface area contributed by atoms with Crippen molar-refractivity contribution < 1.29 is 22.7 Å². The second-order valence-corrected chi connectivity index (χ2v) is 8.82. The molecule has 1 aromatic heterocycles. The molecule has 0 spiro atoms. The summed E-state index contributed by atoms with van der Waals surface area (Å²) in [5, 5.41) is 11.2. The van der Waals surface area contributed by atoms with Gasteiger partial charge in [-0.05, 0) is 29.8 Å². The number of rotatable bonds is 5. The quantitative estimate of drug-likeness (QED) is 0.646. The molecular formula is C20H19FN4O4S. The van der Waals surface area contributed by atoms with Crippen LogP contribution < -0.4 is 9.03 Å². The number of hydrogen-bond acceptors (Lipinski definition) is 5. The predicted octanol–water partition coefficient (Wildman–Crippen LogP) is 2.14. The van der Waals surface area contributed by atoms with Crippen LogP contribution in [-0.2, 0) is 23.3 Å². The minimum absolute atomic E-state index is 0.0245. The van der Waals surface area contributed by atoms with E-state index in [1.807, 2.05) is 0 Å². The number of nitrogens with zero attached hydrogens (tertiary/aromatic N) is 3. The van der Waals surface area contributed by atoms with E-state index in [0.717, 1.165) is 4.31 Å². The van der Waals surface area contributed by atoms with E-state index in [4.69, 9.17) is 0 Å². The topological polar surface area (TPSA) is 103 Å². The van der Waals surface area contributed by atoms with Gasteiger partial charge in [-0.2, -0.15) is 8.42 Å². The Bertz CT molecular complexity index is 1260. The second kappa shape index (κ2) is 7.22. The molecule has 2 heterocycles. The highest BCUT2D eigenvalue weighted by atomic mass is 32.2. The Morgan fingerprint density at radius 1 is 1.27 bits per heavy atom. The Labute approximate surface area is 172 Å². The monoisotopic (exact) mass is 430 g/mol. The van der Waals surface area contributed by atoms with Crippen LogP contribution in [0.2, 0.25) is 0 Å². The zero-order valence-corrected chi connectivity index (χ0v) is 17.1. The first-order chi connectivity index (χ1) is 14.2. The van der Waals surface area contributed by atoms with Gasteiger partial charge in [0.25, 0.3) is 5.91 Å². The molecule has 1 amide bonds. The van der Waals surface area contributed by atoms with E-state index in [-0.39, 0.29) is 41.4 Å². The molecule has 8 nitrogen and oxygen atoms in total. The highest BCUT2D eigenvalue weighted by molar-refractivity contribution is 7.90. The lowest BCUT2D eigenvalue weighted by Crippen LogP contribution is -2.36. The first kappa shape index (κ1) is 20.0. The van der Waals surface area contributed by atoms with Crippen molar-refractivity contribution in [3.05, 3.63) is 65.1 Å². The Hall–Kier alpha value is -3.24. The van der Waals surface area contributed by atoms with E-state index in [2.05, 4.69) is 9.71 Å². The van der Waals surface area contributed by atoms with Crippen molar-refractivity contribution >= 4 is 32.7 Å². The maximum Gasteiger partial charge on any atom is 0.301 e. The number of aromatic hydroxyl groups is 1. The number of phenolic OH excluding ortho intramolecular Hbond substituents is 1. The van der Waals surface area contributed by atoms with E-state index in [9.17, 15) is 22.7 Å². The van der Waals surface area contributed by atoms with Crippen LogP contribution in [0.25, 0.3) is 10.9 Å². The molecule has 1 aliphatic heterocycles. The summed E-state index contributed by atoms with van der Waals surface area (Å²) in [6, 6.07) is 9.02. The van der Waals surface area contributed by atoms with Crippen molar-refractivity contribution in [3.63, 3.8) is 0 Å². The third kappa shape index (κ3) is 3.14. The number of carbonyl (C=O) groups is 1. The fourth-order valence-electron chi connectivity index (χ4n) is 3.69. The van der Waals surface area contributed by atoms with Crippen molar-refractivity contribution in [1.82, 2.24) is 14.6 Å². The Morgan fingerprint density at radius 2 is 1.97 bits per heavy atom. The van der Waals surface area contributed by atoms with Crippen molar-refractivity contribution in [2.75, 3.05) is 18.4 Å². The molecule has 1 aliphatic rings. The number of nitrogens with one attached hydrogen (secondary N) is 1. The lowest BCUT2D eigenvalue weighted by atomic mass is 10.0. The zero-order valence-electron chi connectivity index (χ0n) is 16.3. The number of hydrogen-bond donors (Lipinski definition) is 2. The number of halogens is 1. The molecule has 0 saturated heterocycles. The summed E-state index contributed by atoms with van der Waals surface area (Å²) < 4.78 is 41.5. The molecule has 0 aliphatic carbocycles. The smallest absolute Gasteiger partial charge is 0.301 e. The summed E-state index contributed by atoms with van der Waals surface area (Å²) in [6.07, 6.45) is 1.46. The number of pyridine rings is 1. The third-order valence-electron chi connectivity index (χ3n) is 5.18. The SMILES string of the molecule is CNS(=O)(=O)N(C)c1c2c(c(O)c3ncccc13)C(=O)N(Cc1ccc(F)cc1)C2. The molecule has 4 rings (SSSR count). The summed E-state index contributed by atoms with van der Waals surface area (Å²) >= 11 is 0. The Morgan fingerprint density at radius 3 is 2.63 bits per heavy atom. The van der Waals surface area contributed by atoms with Crippen molar-refractivity contribution in [3.8, 4) is 5.75 Å². The van der Waals surface area contributed by atoms with Gasteiger partial charge in [0, 0.05) is 44.3 Å². The molecule has 0 unspecified atom stereocenters. The molecule has 2 N–H and O–H groups in total. The molecule has 0 radical (unpaired) electrons. The lowest BCUT2D eigenvalue weighted by Gasteiger charge is -2.23. The molecule has 2 aromatic carbocycles. The first-order valence-corrected chi connectivity index (χ1v) is 10.5. The van der Waals surface area contributed by atoms with Gasteiger partial charge in [-0.1, -0.05) is 12.1 Å². The fourth-order valence-corrected chi connectivity index (χ4v) is 4.41. The van der Waals surface area contributed by atoms with Gasteiger partial charge in [-0.25, -0.2) is 9.11 Å². The van der Waals surface area contributed by atoms with Crippen LogP contribution in [0.4, 0.5) is 10.1 Å². The largest absolute Gasteiger partial charge is 0.505 e. The van der Waals surface area contributed by atoms with Gasteiger partial charge in [-0.3, -0.25) is 14.1 Å². The van der Waals surface area contributed by atoms with E-state index in [0.29, 0.717) is 16.5 Å². The molecule has 0 saturated carbocycles. The van der Waals surface area contributed by atoms with Crippen LogP contribution >= 0.6 is 0 Å². The van der Waals surface area contributed by atoms with Gasteiger partial charge >= 0.3 is 10.2 Å². The maximum atomic E-state index is 13.2. The number of fused-ring (bicyclic) bond motifs is 2. The molecule has 30 heavy (non-hydrogen) atoms. The van der Waals surface area contributed by atoms with Gasteiger partial charge in [0.05, 0.1) is 11.3 Å². The van der Waals surface area contributed by atoms with Gasteiger partial charge < -0.3 is 10.0 Å². The highest BCUT2D eigenvalue weighted by Gasteiger charge is 2.37. The molecular weight excluding hydrogens is 411 g/mol. The number of carbonyl (C=O) groups excluding carboxylic acids is 1. The first-order valence-electron chi connectivity index (χ1n) is 9.08. The van der Waals surface area contributed by atoms with Crippen molar-refractivity contribution in [2.45, 2.75) is 13.1 Å². The van der Waals surface area contributed by atoms with E-state index >= 15 is 0 Å². The Kier molecular flexibility index (Phi) is 4.83. The predicted molar refractivity (Wildman–Crippen MR) is 110 cm³/mol. The molecule has 0 atom stereocenters. The summed E-state index contributed by atoms with van der Waals surface area (Å²) in [5.41, 5.74) is 1.53. The standard InChI is InChI=1S/C20H19FN4O4S/c1-22-30(28,29)24(2)18-14-4-3-9-23-17(14)19(26)16-15(18)11-25(20(16)27)10-12-5-7-13(21)8-6-12/h3-9,22,26H,10-11H2,1-2H3. The maximum absolute atomic E-state index is 13.2. The summed E-state index contributed by atoms with van der Waals surface area (Å²) in [4.78, 5) is 18.7. The number of amides is 1. The fraction of sp³-hybridized carbons (Fsp3) is 0.200. The zero-order chi connectivity index (χ0) is 21.6. The average Bonchev–Trinajstić information content (AvgIpc) is 3.06. The number of benzene rings is 2. The lowest BCUT2D eigenvalue weighted by molar-refractivity contribution is 0.0764. The van der Waals surface area contributed by atoms with Gasteiger partial charge in [-0.15, -0.1) is 0 Å². The number of aromatic nitrogens is 1. The molecule has 10 heteroatoms. The number of anilines is 1. The minimum Gasteiger partial charge on any atom is -0.505 e. The van der Waals surface area contributed by atoms with Gasteiger partial charge in [0.15, 0.2) is 5.75 Å². The molecule has 156 valence electrons. The van der Waals surface area contributed by atoms with Crippen LogP contribution in [0, 0.1) is 5.82 Å². The van der Waals surface area contributed by atoms with Crippen LogP contribution in [-0.4, -0.2) is 43.4 Å². The normalized spacial score (nSPS) is 13.7. The van der Waals surface area contributed by atoms with E-state index in [1.165, 1.54) is 37.3 Å². The van der Waals surface area contributed by atoms with Crippen LogP contribution in [0.1, 0.15) is 21.5 Å². The van der Waals surface area contributed by atoms with Crippen LogP contribution in [0.3, 0.4) is 0 Å². The van der Waals surface area contributed by atoms with Crippen molar-refractivity contribution in [1.29, 1.82) is 0 Å². The van der Waals surface area contributed by atoms with E-state index < -0.39 is 16.1 Å². The van der Waals surface area contributed by atoms with Crippen LogP contribution in [0.5, 0.6) is 5.75 Å². The minimum atomic E-state index is -3.87.